The fraction of sp³-hybridized carbons (Fsp3) is 0.333. The molecule has 1 amide bonds. The van der Waals surface area contributed by atoms with Crippen molar-refractivity contribution in [3.63, 3.8) is 0 Å². The molecule has 1 aliphatic carbocycles. The minimum absolute atomic E-state index is 0.0880. The lowest BCUT2D eigenvalue weighted by atomic mass is 10.1. The van der Waals surface area contributed by atoms with E-state index in [2.05, 4.69) is 15.5 Å². The maximum Gasteiger partial charge on any atom is 0.213 e. The number of oxime groups is 1. The normalized spacial score (nSPS) is 18.9. The van der Waals surface area contributed by atoms with Crippen molar-refractivity contribution in [2.24, 2.45) is 5.16 Å². The number of aromatic nitrogens is 1. The third-order valence-corrected chi connectivity index (χ3v) is 3.33. The van der Waals surface area contributed by atoms with E-state index in [1.807, 2.05) is 12.2 Å². The second-order valence-electron chi connectivity index (χ2n) is 3.90. The van der Waals surface area contributed by atoms with Crippen LogP contribution in [0.25, 0.3) is 0 Å². The van der Waals surface area contributed by atoms with E-state index in [4.69, 9.17) is 4.84 Å². The van der Waals surface area contributed by atoms with E-state index in [1.165, 1.54) is 11.3 Å². The van der Waals surface area contributed by atoms with Crippen LogP contribution in [0.1, 0.15) is 25.0 Å². The van der Waals surface area contributed by atoms with Crippen molar-refractivity contribution in [2.75, 3.05) is 5.32 Å². The number of anilines is 1. The van der Waals surface area contributed by atoms with Crippen LogP contribution in [0, 0.1) is 0 Å². The topological polar surface area (TPSA) is 80.7 Å². The van der Waals surface area contributed by atoms with Crippen LogP contribution in [0.3, 0.4) is 0 Å². The van der Waals surface area contributed by atoms with Gasteiger partial charge >= 0.3 is 0 Å². The van der Waals surface area contributed by atoms with Gasteiger partial charge in [0.15, 0.2) is 17.1 Å². The largest absolute Gasteiger partial charge is 0.388 e. The molecule has 0 saturated heterocycles. The van der Waals surface area contributed by atoms with E-state index in [1.54, 1.807) is 5.38 Å². The fourth-order valence-corrected chi connectivity index (χ4v) is 2.29. The molecule has 1 aliphatic rings. The third-order valence-electron chi connectivity index (χ3n) is 2.56. The predicted octanol–water partition coefficient (Wildman–Crippen LogP) is 1.74. The fourth-order valence-electron chi connectivity index (χ4n) is 1.63. The Morgan fingerprint density at radius 1 is 1.58 bits per heavy atom. The Balaban J connectivity index is 2.04. The zero-order valence-corrected chi connectivity index (χ0v) is 10.9. The van der Waals surface area contributed by atoms with Gasteiger partial charge in [-0.05, 0) is 25.3 Å². The smallest absolute Gasteiger partial charge is 0.213 e. The molecule has 0 saturated carbocycles. The number of hydrogen-bond donors (Lipinski definition) is 1. The predicted molar refractivity (Wildman–Crippen MR) is 72.3 cm³/mol. The highest BCUT2D eigenvalue weighted by atomic mass is 32.1. The minimum Gasteiger partial charge on any atom is -0.388 e. The first-order chi connectivity index (χ1) is 9.33. The first-order valence-electron chi connectivity index (χ1n) is 5.85. The highest BCUT2D eigenvalue weighted by molar-refractivity contribution is 7.14. The van der Waals surface area contributed by atoms with Crippen LogP contribution in [0.5, 0.6) is 0 Å². The monoisotopic (exact) mass is 279 g/mol. The first-order valence-corrected chi connectivity index (χ1v) is 6.73. The number of amides is 1. The van der Waals surface area contributed by atoms with Gasteiger partial charge in [-0.2, -0.15) is 0 Å². The second-order valence-corrected chi connectivity index (χ2v) is 4.76. The van der Waals surface area contributed by atoms with Gasteiger partial charge in [-0.3, -0.25) is 9.59 Å². The van der Waals surface area contributed by atoms with Gasteiger partial charge in [-0.1, -0.05) is 11.2 Å². The Morgan fingerprint density at radius 3 is 3.16 bits per heavy atom. The Labute approximate surface area is 114 Å². The van der Waals surface area contributed by atoms with Crippen LogP contribution in [-0.2, 0) is 14.4 Å². The van der Waals surface area contributed by atoms with Crippen molar-refractivity contribution < 1.29 is 14.4 Å². The molecule has 1 heterocycles. The van der Waals surface area contributed by atoms with Gasteiger partial charge in [0.25, 0.3) is 0 Å². The number of allylic oxidation sites excluding steroid dienone is 1. The van der Waals surface area contributed by atoms with E-state index in [9.17, 15) is 9.59 Å². The summed E-state index contributed by atoms with van der Waals surface area (Å²) in [6.07, 6.45) is 8.01. The molecule has 0 fully saturated rings. The van der Waals surface area contributed by atoms with E-state index in [-0.39, 0.29) is 11.8 Å². The van der Waals surface area contributed by atoms with Gasteiger partial charge in [-0.15, -0.1) is 11.3 Å². The molecule has 19 heavy (non-hydrogen) atoms. The lowest BCUT2D eigenvalue weighted by molar-refractivity contribution is -0.105. The van der Waals surface area contributed by atoms with Crippen molar-refractivity contribution >= 4 is 34.9 Å². The lowest BCUT2D eigenvalue weighted by Crippen LogP contribution is -2.12. The molecule has 0 radical (unpaired) electrons. The van der Waals surface area contributed by atoms with Crippen molar-refractivity contribution in [1.82, 2.24) is 4.98 Å². The number of carbonyl (C=O) groups excluding carboxylic acids is 2. The van der Waals surface area contributed by atoms with Crippen molar-refractivity contribution in [3.05, 3.63) is 23.2 Å². The highest BCUT2D eigenvalue weighted by Crippen LogP contribution is 2.16. The SMILES string of the molecule is O=CNc1nc(C(C=O)=NOC2C=CCCC2)cs1. The Bertz CT molecular complexity index is 510. The van der Waals surface area contributed by atoms with Crippen LogP contribution >= 0.6 is 11.3 Å². The zero-order valence-electron chi connectivity index (χ0n) is 10.1. The van der Waals surface area contributed by atoms with E-state index in [0.717, 1.165) is 19.3 Å². The summed E-state index contributed by atoms with van der Waals surface area (Å²) in [5.74, 6) is 0. The van der Waals surface area contributed by atoms with Gasteiger partial charge in [0.1, 0.15) is 11.8 Å². The Kier molecular flexibility index (Phi) is 4.79. The zero-order chi connectivity index (χ0) is 13.5. The molecular weight excluding hydrogens is 266 g/mol. The lowest BCUT2D eigenvalue weighted by Gasteiger charge is -2.13. The quantitative estimate of drug-likeness (QED) is 0.372. The molecule has 6 nitrogen and oxygen atoms in total. The number of carbonyl (C=O) groups is 2. The van der Waals surface area contributed by atoms with Gasteiger partial charge < -0.3 is 10.2 Å². The molecule has 0 aliphatic heterocycles. The molecule has 2 rings (SSSR count). The Morgan fingerprint density at radius 2 is 2.47 bits per heavy atom. The summed E-state index contributed by atoms with van der Waals surface area (Å²) in [5, 5.41) is 8.30. The van der Waals surface area contributed by atoms with Crippen LogP contribution in [-0.4, -0.2) is 29.5 Å². The summed E-state index contributed by atoms with van der Waals surface area (Å²) in [6, 6.07) is 0. The number of nitrogens with one attached hydrogen (secondary N) is 1. The number of nitrogens with zero attached hydrogens (tertiary/aromatic N) is 2. The summed E-state index contributed by atoms with van der Waals surface area (Å²) < 4.78 is 0. The number of thiazole rings is 1. The van der Waals surface area contributed by atoms with Crippen LogP contribution < -0.4 is 5.32 Å². The summed E-state index contributed by atoms with van der Waals surface area (Å²) in [7, 11) is 0. The molecular formula is C12H13N3O3S. The summed E-state index contributed by atoms with van der Waals surface area (Å²) in [6.45, 7) is 0. The standard InChI is InChI=1S/C12H13N3O3S/c16-6-10(11-7-19-12(14-11)13-8-17)15-18-9-4-2-1-3-5-9/h2,4,6-9H,1,3,5H2,(H,13,14,17). The van der Waals surface area contributed by atoms with E-state index >= 15 is 0 Å². The average Bonchev–Trinajstić information content (AvgIpc) is 2.90. The molecule has 0 aromatic carbocycles. The number of hydrogen-bond acceptors (Lipinski definition) is 6. The molecule has 1 unspecified atom stereocenters. The summed E-state index contributed by atoms with van der Waals surface area (Å²) >= 11 is 1.22. The molecule has 1 N–H and O–H groups in total. The van der Waals surface area contributed by atoms with Crippen molar-refractivity contribution in [1.29, 1.82) is 0 Å². The highest BCUT2D eigenvalue weighted by Gasteiger charge is 2.12. The van der Waals surface area contributed by atoms with Crippen molar-refractivity contribution in [2.45, 2.75) is 25.4 Å². The molecule has 1 atom stereocenters. The minimum atomic E-state index is -0.0880. The number of rotatable bonds is 6. The molecule has 1 aromatic rings. The summed E-state index contributed by atoms with van der Waals surface area (Å²) in [4.78, 5) is 30.6. The van der Waals surface area contributed by atoms with Crippen LogP contribution in [0.15, 0.2) is 22.7 Å². The number of aldehydes is 1. The third kappa shape index (κ3) is 3.72. The Hall–Kier alpha value is -2.02. The van der Waals surface area contributed by atoms with E-state index < -0.39 is 0 Å². The first kappa shape index (κ1) is 13.4. The van der Waals surface area contributed by atoms with Crippen LogP contribution in [0.2, 0.25) is 0 Å². The summed E-state index contributed by atoms with van der Waals surface area (Å²) in [5.41, 5.74) is 0.512. The van der Waals surface area contributed by atoms with Gasteiger partial charge in [0.2, 0.25) is 6.41 Å². The molecule has 0 bridgehead atoms. The van der Waals surface area contributed by atoms with Gasteiger partial charge in [-0.25, -0.2) is 4.98 Å². The molecule has 0 spiro atoms. The molecule has 7 heteroatoms. The molecule has 1 aromatic heterocycles. The second kappa shape index (κ2) is 6.79. The van der Waals surface area contributed by atoms with Crippen LogP contribution in [0.4, 0.5) is 5.13 Å². The maximum absolute atomic E-state index is 11.0. The average molecular weight is 279 g/mol. The van der Waals surface area contributed by atoms with E-state index in [0.29, 0.717) is 23.5 Å². The maximum atomic E-state index is 11.0. The van der Waals surface area contributed by atoms with Gasteiger partial charge in [0, 0.05) is 5.38 Å². The van der Waals surface area contributed by atoms with Crippen molar-refractivity contribution in [3.8, 4) is 0 Å². The molecule has 100 valence electrons. The van der Waals surface area contributed by atoms with Gasteiger partial charge in [0.05, 0.1) is 0 Å².